The van der Waals surface area contributed by atoms with Gasteiger partial charge in [-0.3, -0.25) is 9.59 Å². The molecule has 1 saturated carbocycles. The Bertz CT molecular complexity index is 786. The lowest BCUT2D eigenvalue weighted by Gasteiger charge is -2.10. The Morgan fingerprint density at radius 1 is 1.12 bits per heavy atom. The summed E-state index contributed by atoms with van der Waals surface area (Å²) in [5.74, 6) is 0.128. The molecule has 0 bridgehead atoms. The summed E-state index contributed by atoms with van der Waals surface area (Å²) in [4.78, 5) is 24.1. The van der Waals surface area contributed by atoms with Gasteiger partial charge in [0.2, 0.25) is 5.91 Å². The minimum Gasteiger partial charge on any atom is -0.355 e. The molecule has 2 aromatic rings. The highest BCUT2D eigenvalue weighted by atomic mass is 35.5. The van der Waals surface area contributed by atoms with Crippen molar-refractivity contribution in [2.45, 2.75) is 19.3 Å². The maximum Gasteiger partial charge on any atom is 0.251 e. The number of aryl methyl sites for hydroxylation is 1. The second kappa shape index (κ2) is 6.65. The van der Waals surface area contributed by atoms with Gasteiger partial charge in [-0.1, -0.05) is 23.7 Å². The topological polar surface area (TPSA) is 58.2 Å². The summed E-state index contributed by atoms with van der Waals surface area (Å²) < 4.78 is 0. The molecule has 5 heteroatoms. The average molecular weight is 343 g/mol. The van der Waals surface area contributed by atoms with Crippen molar-refractivity contribution in [2.75, 3.05) is 12.4 Å². The standard InChI is InChI=1S/C19H19ClN2O2/c1-11-9-13(18(23)21-2)5-8-17(11)22-19(24)16-10-15(16)12-3-6-14(20)7-4-12/h3-9,15-16H,10H2,1-2H3,(H,21,23)(H,22,24). The summed E-state index contributed by atoms with van der Waals surface area (Å²) in [5, 5.41) is 6.26. The maximum atomic E-state index is 12.4. The Hall–Kier alpha value is -2.33. The number of nitrogens with one attached hydrogen (secondary N) is 2. The molecule has 1 fully saturated rings. The number of hydrogen-bond acceptors (Lipinski definition) is 2. The van der Waals surface area contributed by atoms with E-state index in [9.17, 15) is 9.59 Å². The van der Waals surface area contributed by atoms with Crippen LogP contribution in [0.3, 0.4) is 0 Å². The summed E-state index contributed by atoms with van der Waals surface area (Å²) in [6.45, 7) is 1.88. The Labute approximate surface area is 146 Å². The molecule has 0 radical (unpaired) electrons. The van der Waals surface area contributed by atoms with Crippen LogP contribution in [0.1, 0.15) is 33.8 Å². The molecule has 2 atom stereocenters. The summed E-state index contributed by atoms with van der Waals surface area (Å²) in [5.41, 5.74) is 3.34. The molecule has 124 valence electrons. The Balaban J connectivity index is 1.66. The monoisotopic (exact) mass is 342 g/mol. The van der Waals surface area contributed by atoms with Crippen LogP contribution in [-0.4, -0.2) is 18.9 Å². The van der Waals surface area contributed by atoms with Gasteiger partial charge >= 0.3 is 0 Å². The molecule has 1 aliphatic carbocycles. The van der Waals surface area contributed by atoms with Gasteiger partial charge in [-0.05, 0) is 60.7 Å². The molecular formula is C19H19ClN2O2. The van der Waals surface area contributed by atoms with E-state index in [0.717, 1.165) is 23.2 Å². The summed E-state index contributed by atoms with van der Waals surface area (Å²) in [7, 11) is 1.59. The van der Waals surface area contributed by atoms with Crippen LogP contribution in [0.2, 0.25) is 5.02 Å². The third-order valence-corrected chi connectivity index (χ3v) is 4.65. The van der Waals surface area contributed by atoms with E-state index in [-0.39, 0.29) is 23.7 Å². The van der Waals surface area contributed by atoms with Gasteiger partial charge in [0.1, 0.15) is 0 Å². The second-order valence-electron chi connectivity index (χ2n) is 6.10. The Morgan fingerprint density at radius 3 is 2.46 bits per heavy atom. The molecule has 4 nitrogen and oxygen atoms in total. The summed E-state index contributed by atoms with van der Waals surface area (Å²) in [6.07, 6.45) is 0.850. The van der Waals surface area contributed by atoms with E-state index in [1.165, 1.54) is 0 Å². The molecule has 2 aromatic carbocycles. The first kappa shape index (κ1) is 16.5. The lowest BCUT2D eigenvalue weighted by Crippen LogP contribution is -2.19. The van der Waals surface area contributed by atoms with Gasteiger partial charge in [0.05, 0.1) is 0 Å². The van der Waals surface area contributed by atoms with Crippen LogP contribution in [-0.2, 0) is 4.79 Å². The number of rotatable bonds is 4. The SMILES string of the molecule is CNC(=O)c1ccc(NC(=O)C2CC2c2ccc(Cl)cc2)c(C)c1. The zero-order valence-electron chi connectivity index (χ0n) is 13.6. The van der Waals surface area contributed by atoms with Crippen LogP contribution in [0.15, 0.2) is 42.5 Å². The van der Waals surface area contributed by atoms with Crippen LogP contribution < -0.4 is 10.6 Å². The van der Waals surface area contributed by atoms with E-state index >= 15 is 0 Å². The second-order valence-corrected chi connectivity index (χ2v) is 6.53. The van der Waals surface area contributed by atoms with Gasteiger partial charge < -0.3 is 10.6 Å². The summed E-state index contributed by atoms with van der Waals surface area (Å²) >= 11 is 5.90. The van der Waals surface area contributed by atoms with E-state index < -0.39 is 0 Å². The lowest BCUT2D eigenvalue weighted by atomic mass is 10.1. The quantitative estimate of drug-likeness (QED) is 0.889. The third kappa shape index (κ3) is 3.44. The molecule has 0 saturated heterocycles. The normalized spacial score (nSPS) is 18.8. The first-order valence-corrected chi connectivity index (χ1v) is 8.26. The lowest BCUT2D eigenvalue weighted by molar-refractivity contribution is -0.117. The maximum absolute atomic E-state index is 12.4. The molecule has 1 aliphatic rings. The third-order valence-electron chi connectivity index (χ3n) is 4.40. The van der Waals surface area contributed by atoms with Gasteiger partial charge in [-0.2, -0.15) is 0 Å². The molecule has 2 amide bonds. The van der Waals surface area contributed by atoms with Crippen molar-refractivity contribution in [3.8, 4) is 0 Å². The molecule has 0 heterocycles. The molecule has 0 aliphatic heterocycles. The van der Waals surface area contributed by atoms with Crippen LogP contribution in [0.25, 0.3) is 0 Å². The van der Waals surface area contributed by atoms with Gasteiger partial charge in [-0.25, -0.2) is 0 Å². The molecule has 3 rings (SSSR count). The number of hydrogen-bond donors (Lipinski definition) is 2. The average Bonchev–Trinajstić information content (AvgIpc) is 3.37. The predicted molar refractivity (Wildman–Crippen MR) is 95.5 cm³/mol. The Morgan fingerprint density at radius 2 is 1.83 bits per heavy atom. The van der Waals surface area contributed by atoms with Crippen molar-refractivity contribution in [1.29, 1.82) is 0 Å². The number of carbonyl (C=O) groups excluding carboxylic acids is 2. The predicted octanol–water partition coefficient (Wildman–Crippen LogP) is 3.75. The molecule has 24 heavy (non-hydrogen) atoms. The van der Waals surface area contributed by atoms with Crippen molar-refractivity contribution in [2.24, 2.45) is 5.92 Å². The van der Waals surface area contributed by atoms with E-state index in [2.05, 4.69) is 10.6 Å². The number of benzene rings is 2. The fraction of sp³-hybridized carbons (Fsp3) is 0.263. The Kier molecular flexibility index (Phi) is 4.58. The molecule has 2 N–H and O–H groups in total. The van der Waals surface area contributed by atoms with E-state index in [0.29, 0.717) is 10.6 Å². The van der Waals surface area contributed by atoms with Crippen LogP contribution in [0, 0.1) is 12.8 Å². The van der Waals surface area contributed by atoms with E-state index in [4.69, 9.17) is 11.6 Å². The molecule has 2 unspecified atom stereocenters. The number of halogens is 1. The van der Waals surface area contributed by atoms with Crippen LogP contribution in [0.4, 0.5) is 5.69 Å². The van der Waals surface area contributed by atoms with Gasteiger partial charge in [0.25, 0.3) is 5.91 Å². The van der Waals surface area contributed by atoms with Crippen LogP contribution in [0.5, 0.6) is 0 Å². The minimum atomic E-state index is -0.138. The van der Waals surface area contributed by atoms with Crippen molar-refractivity contribution >= 4 is 29.1 Å². The molecule has 0 spiro atoms. The highest BCUT2D eigenvalue weighted by Gasteiger charge is 2.43. The van der Waals surface area contributed by atoms with Gasteiger partial charge in [0, 0.05) is 29.2 Å². The fourth-order valence-electron chi connectivity index (χ4n) is 2.88. The largest absolute Gasteiger partial charge is 0.355 e. The van der Waals surface area contributed by atoms with Crippen molar-refractivity contribution in [3.63, 3.8) is 0 Å². The minimum absolute atomic E-state index is 0.0100. The zero-order valence-corrected chi connectivity index (χ0v) is 14.4. The van der Waals surface area contributed by atoms with Crippen LogP contribution >= 0.6 is 11.6 Å². The number of amides is 2. The molecular weight excluding hydrogens is 324 g/mol. The van der Waals surface area contributed by atoms with Crippen molar-refractivity contribution in [1.82, 2.24) is 5.32 Å². The highest BCUT2D eigenvalue weighted by Crippen LogP contribution is 2.48. The van der Waals surface area contributed by atoms with E-state index in [1.54, 1.807) is 25.2 Å². The first-order chi connectivity index (χ1) is 11.5. The number of anilines is 1. The van der Waals surface area contributed by atoms with Gasteiger partial charge in [-0.15, -0.1) is 0 Å². The zero-order chi connectivity index (χ0) is 17.3. The molecule has 0 aromatic heterocycles. The summed E-state index contributed by atoms with van der Waals surface area (Å²) in [6, 6.07) is 12.9. The number of carbonyl (C=O) groups is 2. The van der Waals surface area contributed by atoms with Crippen molar-refractivity contribution < 1.29 is 9.59 Å². The highest BCUT2D eigenvalue weighted by molar-refractivity contribution is 6.30. The van der Waals surface area contributed by atoms with Crippen molar-refractivity contribution in [3.05, 3.63) is 64.2 Å². The fourth-order valence-corrected chi connectivity index (χ4v) is 3.00. The smallest absolute Gasteiger partial charge is 0.251 e. The van der Waals surface area contributed by atoms with Gasteiger partial charge in [0.15, 0.2) is 0 Å². The van der Waals surface area contributed by atoms with E-state index in [1.807, 2.05) is 31.2 Å². The first-order valence-electron chi connectivity index (χ1n) is 7.88.